The molecule has 0 bridgehead atoms. The van der Waals surface area contributed by atoms with E-state index >= 15 is 0 Å². The number of rotatable bonds is 4. The minimum absolute atomic E-state index is 0.0111. The van der Waals surface area contributed by atoms with Gasteiger partial charge in [-0.3, -0.25) is 9.69 Å². The van der Waals surface area contributed by atoms with Gasteiger partial charge in [-0.2, -0.15) is 5.10 Å². The smallest absolute Gasteiger partial charge is 0.257 e. The molecule has 1 amide bonds. The van der Waals surface area contributed by atoms with E-state index in [1.165, 1.54) is 16.7 Å². The molecule has 3 aromatic rings. The van der Waals surface area contributed by atoms with E-state index in [1.54, 1.807) is 5.01 Å². The molecule has 0 spiro atoms. The normalized spacial score (nSPS) is 18.4. The van der Waals surface area contributed by atoms with Crippen LogP contribution < -0.4 is 0 Å². The highest BCUT2D eigenvalue weighted by molar-refractivity contribution is 6.31. The van der Waals surface area contributed by atoms with Gasteiger partial charge in [0.25, 0.3) is 5.91 Å². The third kappa shape index (κ3) is 4.21. The fourth-order valence-electron chi connectivity index (χ4n) is 4.68. The van der Waals surface area contributed by atoms with E-state index in [2.05, 4.69) is 54.3 Å². The maximum absolute atomic E-state index is 13.5. The first kappa shape index (κ1) is 20.9. The van der Waals surface area contributed by atoms with Crippen molar-refractivity contribution in [3.05, 3.63) is 106 Å². The Bertz CT molecular complexity index is 1190. The minimum atomic E-state index is -0.191. The highest BCUT2D eigenvalue weighted by Crippen LogP contribution is 2.36. The summed E-state index contributed by atoms with van der Waals surface area (Å²) in [5, 5.41) is 7.16. The monoisotopic (exact) mass is 443 g/mol. The summed E-state index contributed by atoms with van der Waals surface area (Å²) in [6.45, 7) is 4.09. The molecular formula is C27H26ClN3O. The van der Waals surface area contributed by atoms with Crippen molar-refractivity contribution in [2.24, 2.45) is 5.10 Å². The second-order valence-corrected chi connectivity index (χ2v) is 9.03. The van der Waals surface area contributed by atoms with Gasteiger partial charge >= 0.3 is 0 Å². The van der Waals surface area contributed by atoms with Crippen molar-refractivity contribution in [1.82, 2.24) is 9.91 Å². The topological polar surface area (TPSA) is 35.9 Å². The zero-order valence-corrected chi connectivity index (χ0v) is 18.9. The van der Waals surface area contributed by atoms with Gasteiger partial charge in [0, 0.05) is 24.5 Å². The van der Waals surface area contributed by atoms with Crippen LogP contribution in [0.15, 0.2) is 77.9 Å². The molecule has 5 rings (SSSR count). The maximum atomic E-state index is 13.5. The fourth-order valence-corrected chi connectivity index (χ4v) is 4.94. The van der Waals surface area contributed by atoms with Gasteiger partial charge in [-0.1, -0.05) is 83.9 Å². The van der Waals surface area contributed by atoms with Crippen molar-refractivity contribution < 1.29 is 4.79 Å². The molecule has 0 fully saturated rings. The molecule has 0 N–H and O–H groups in total. The highest BCUT2D eigenvalue weighted by atomic mass is 35.5. The number of benzene rings is 3. The average Bonchev–Trinajstić information content (AvgIpc) is 3.25. The molecule has 32 heavy (non-hydrogen) atoms. The first-order valence-electron chi connectivity index (χ1n) is 11.1. The zero-order chi connectivity index (χ0) is 22.1. The Morgan fingerprint density at radius 2 is 1.81 bits per heavy atom. The van der Waals surface area contributed by atoms with Crippen molar-refractivity contribution in [1.29, 1.82) is 0 Å². The second kappa shape index (κ2) is 8.89. The van der Waals surface area contributed by atoms with Crippen molar-refractivity contribution >= 4 is 23.2 Å². The van der Waals surface area contributed by atoms with E-state index in [0.717, 1.165) is 36.3 Å². The molecule has 2 aliphatic rings. The van der Waals surface area contributed by atoms with Crippen molar-refractivity contribution in [2.45, 2.75) is 32.4 Å². The summed E-state index contributed by atoms with van der Waals surface area (Å²) in [7, 11) is 0. The second-order valence-electron chi connectivity index (χ2n) is 8.63. The molecule has 2 heterocycles. The van der Waals surface area contributed by atoms with E-state index in [-0.39, 0.29) is 11.9 Å². The van der Waals surface area contributed by atoms with Gasteiger partial charge < -0.3 is 0 Å². The number of fused-ring (bicyclic) bond motifs is 1. The van der Waals surface area contributed by atoms with Gasteiger partial charge in [0.05, 0.1) is 18.3 Å². The fraction of sp³-hybridized carbons (Fsp3) is 0.259. The third-order valence-corrected chi connectivity index (χ3v) is 6.69. The van der Waals surface area contributed by atoms with Gasteiger partial charge in [0.1, 0.15) is 0 Å². The number of hydrazone groups is 1. The minimum Gasteiger partial charge on any atom is -0.290 e. The largest absolute Gasteiger partial charge is 0.290 e. The summed E-state index contributed by atoms with van der Waals surface area (Å²) >= 11 is 6.54. The number of carbonyl (C=O) groups is 1. The van der Waals surface area contributed by atoms with Gasteiger partial charge in [-0.05, 0) is 41.7 Å². The van der Waals surface area contributed by atoms with Crippen LogP contribution in [-0.4, -0.2) is 34.6 Å². The van der Waals surface area contributed by atoms with E-state index in [1.807, 2.05) is 30.3 Å². The zero-order valence-electron chi connectivity index (χ0n) is 18.2. The summed E-state index contributed by atoms with van der Waals surface area (Å²) in [5.41, 5.74) is 6.79. The summed E-state index contributed by atoms with van der Waals surface area (Å²) in [6, 6.07) is 24.3. The molecule has 4 nitrogen and oxygen atoms in total. The number of carbonyl (C=O) groups excluding carboxylic acids is 1. The first-order chi connectivity index (χ1) is 15.6. The van der Waals surface area contributed by atoms with E-state index in [4.69, 9.17) is 16.7 Å². The SMILES string of the molecule is Cc1cccc(C2=NN(C(=O)CN3CCc4ccccc4C3)C(c3ccccc3Cl)C2)c1. The van der Waals surface area contributed by atoms with Gasteiger partial charge in [0.2, 0.25) is 0 Å². The number of aryl methyl sites for hydroxylation is 1. The number of nitrogens with zero attached hydrogens (tertiary/aromatic N) is 3. The van der Waals surface area contributed by atoms with E-state index in [9.17, 15) is 4.79 Å². The van der Waals surface area contributed by atoms with E-state index < -0.39 is 0 Å². The Hall–Kier alpha value is -2.95. The van der Waals surface area contributed by atoms with Crippen LogP contribution in [0.25, 0.3) is 0 Å². The Morgan fingerprint density at radius 1 is 1.03 bits per heavy atom. The Labute approximate surface area is 194 Å². The molecule has 5 heteroatoms. The van der Waals surface area contributed by atoms with Gasteiger partial charge in [-0.15, -0.1) is 0 Å². The summed E-state index contributed by atoms with van der Waals surface area (Å²) < 4.78 is 0. The van der Waals surface area contributed by atoms with Crippen LogP contribution in [0.1, 0.15) is 40.3 Å². The van der Waals surface area contributed by atoms with Crippen LogP contribution in [0.2, 0.25) is 5.02 Å². The lowest BCUT2D eigenvalue weighted by Crippen LogP contribution is -2.40. The van der Waals surface area contributed by atoms with Crippen LogP contribution in [-0.2, 0) is 17.8 Å². The van der Waals surface area contributed by atoms with Crippen LogP contribution >= 0.6 is 11.6 Å². The molecule has 0 saturated heterocycles. The quantitative estimate of drug-likeness (QED) is 0.542. The van der Waals surface area contributed by atoms with Crippen LogP contribution in [0, 0.1) is 6.92 Å². The molecule has 2 aliphatic heterocycles. The van der Waals surface area contributed by atoms with Crippen molar-refractivity contribution in [3.8, 4) is 0 Å². The van der Waals surface area contributed by atoms with Crippen LogP contribution in [0.5, 0.6) is 0 Å². The molecule has 0 aliphatic carbocycles. The first-order valence-corrected chi connectivity index (χ1v) is 11.5. The Kier molecular flexibility index (Phi) is 5.81. The molecule has 0 radical (unpaired) electrons. The predicted octanol–water partition coefficient (Wildman–Crippen LogP) is 5.38. The van der Waals surface area contributed by atoms with Crippen LogP contribution in [0.3, 0.4) is 0 Å². The van der Waals surface area contributed by atoms with E-state index in [0.29, 0.717) is 18.0 Å². The summed E-state index contributed by atoms with van der Waals surface area (Å²) in [5.74, 6) is 0.0111. The predicted molar refractivity (Wildman–Crippen MR) is 129 cm³/mol. The number of halogens is 1. The number of hydrogen-bond acceptors (Lipinski definition) is 3. The molecule has 0 aromatic heterocycles. The summed E-state index contributed by atoms with van der Waals surface area (Å²) in [4.78, 5) is 15.7. The Balaban J connectivity index is 1.41. The molecule has 3 aromatic carbocycles. The van der Waals surface area contributed by atoms with Gasteiger partial charge in [0.15, 0.2) is 0 Å². The van der Waals surface area contributed by atoms with Crippen LogP contribution in [0.4, 0.5) is 0 Å². The van der Waals surface area contributed by atoms with Crippen molar-refractivity contribution in [2.75, 3.05) is 13.1 Å². The standard InChI is InChI=1S/C27H26ClN3O/c1-19-7-6-10-21(15-19)25-16-26(23-11-4-5-12-24(23)28)31(29-25)27(32)18-30-14-13-20-8-2-3-9-22(20)17-30/h2-12,15,26H,13-14,16-18H2,1H3. The lowest BCUT2D eigenvalue weighted by atomic mass is 9.97. The van der Waals surface area contributed by atoms with Gasteiger partial charge in [-0.25, -0.2) is 5.01 Å². The number of hydrogen-bond donors (Lipinski definition) is 0. The Morgan fingerprint density at radius 3 is 2.62 bits per heavy atom. The molecule has 1 atom stereocenters. The van der Waals surface area contributed by atoms with Crippen molar-refractivity contribution in [3.63, 3.8) is 0 Å². The maximum Gasteiger partial charge on any atom is 0.257 e. The molecule has 162 valence electrons. The lowest BCUT2D eigenvalue weighted by molar-refractivity contribution is -0.134. The lowest BCUT2D eigenvalue weighted by Gasteiger charge is -2.30. The summed E-state index contributed by atoms with van der Waals surface area (Å²) in [6.07, 6.45) is 1.62. The third-order valence-electron chi connectivity index (χ3n) is 6.35. The number of amides is 1. The molecule has 0 saturated carbocycles. The average molecular weight is 444 g/mol. The molecule has 1 unspecified atom stereocenters. The highest BCUT2D eigenvalue weighted by Gasteiger charge is 2.35. The molecular weight excluding hydrogens is 418 g/mol.